The summed E-state index contributed by atoms with van der Waals surface area (Å²) in [6.45, 7) is 4.54. The summed E-state index contributed by atoms with van der Waals surface area (Å²) in [6.07, 6.45) is 0.169. The Morgan fingerprint density at radius 2 is 1.92 bits per heavy atom. The Balaban J connectivity index is 1.73. The number of hydrogen-bond donors (Lipinski definition) is 1. The quantitative estimate of drug-likeness (QED) is 0.634. The van der Waals surface area contributed by atoms with Gasteiger partial charge < -0.3 is 10.1 Å². The van der Waals surface area contributed by atoms with Crippen LogP contribution >= 0.6 is 23.4 Å². The molecule has 2 rings (SSSR count). The summed E-state index contributed by atoms with van der Waals surface area (Å²) >= 11 is 7.89. The van der Waals surface area contributed by atoms with Crippen LogP contribution in [0.5, 0.6) is 5.75 Å². The standard InChI is InChI=1S/C20H24ClNO2S/c1-3-18(24-19-11-7-4-8-15(19)2)20(23)22-12-13-25-14-16-9-5-6-10-17(16)21/h4-11,18H,3,12-14H2,1-2H3,(H,22,23)/t18-/m1/s1. The van der Waals surface area contributed by atoms with Gasteiger partial charge in [0.25, 0.3) is 5.91 Å². The zero-order valence-electron chi connectivity index (χ0n) is 14.6. The van der Waals surface area contributed by atoms with Gasteiger partial charge in [-0.3, -0.25) is 4.79 Å². The predicted molar refractivity (Wildman–Crippen MR) is 107 cm³/mol. The predicted octanol–water partition coefficient (Wildman–Crippen LogP) is 4.86. The van der Waals surface area contributed by atoms with Crippen molar-refractivity contribution in [2.24, 2.45) is 0 Å². The number of benzene rings is 2. The molecule has 0 spiro atoms. The summed E-state index contributed by atoms with van der Waals surface area (Å²) in [5, 5.41) is 3.75. The number of aryl methyl sites for hydroxylation is 1. The third kappa shape index (κ3) is 6.29. The zero-order valence-corrected chi connectivity index (χ0v) is 16.2. The van der Waals surface area contributed by atoms with Gasteiger partial charge >= 0.3 is 0 Å². The molecule has 0 aromatic heterocycles. The number of para-hydroxylation sites is 1. The van der Waals surface area contributed by atoms with Crippen LogP contribution in [0.3, 0.4) is 0 Å². The monoisotopic (exact) mass is 377 g/mol. The molecule has 1 amide bonds. The first-order valence-electron chi connectivity index (χ1n) is 8.43. The number of hydrogen-bond acceptors (Lipinski definition) is 3. The van der Waals surface area contributed by atoms with Gasteiger partial charge in [0, 0.05) is 23.1 Å². The first kappa shape index (κ1) is 19.7. The molecule has 0 unspecified atom stereocenters. The van der Waals surface area contributed by atoms with E-state index in [4.69, 9.17) is 16.3 Å². The second-order valence-corrected chi connectivity index (χ2v) is 7.23. The van der Waals surface area contributed by atoms with E-state index >= 15 is 0 Å². The van der Waals surface area contributed by atoms with Crippen LogP contribution in [-0.4, -0.2) is 24.3 Å². The Hall–Kier alpha value is -1.65. The van der Waals surface area contributed by atoms with Crippen molar-refractivity contribution >= 4 is 29.3 Å². The van der Waals surface area contributed by atoms with Crippen LogP contribution in [0.2, 0.25) is 5.02 Å². The lowest BCUT2D eigenvalue weighted by Gasteiger charge is -2.18. The number of carbonyl (C=O) groups is 1. The van der Waals surface area contributed by atoms with Crippen molar-refractivity contribution in [1.82, 2.24) is 5.32 Å². The maximum atomic E-state index is 12.3. The van der Waals surface area contributed by atoms with Crippen molar-refractivity contribution in [2.45, 2.75) is 32.1 Å². The lowest BCUT2D eigenvalue weighted by atomic mass is 10.2. The normalized spacial score (nSPS) is 11.8. The van der Waals surface area contributed by atoms with Crippen molar-refractivity contribution in [3.05, 3.63) is 64.7 Å². The van der Waals surface area contributed by atoms with Crippen molar-refractivity contribution in [3.63, 3.8) is 0 Å². The molecule has 0 bridgehead atoms. The topological polar surface area (TPSA) is 38.3 Å². The van der Waals surface area contributed by atoms with E-state index in [0.717, 1.165) is 33.4 Å². The molecule has 0 heterocycles. The average Bonchev–Trinajstić information content (AvgIpc) is 2.62. The molecule has 134 valence electrons. The molecule has 1 N–H and O–H groups in total. The van der Waals surface area contributed by atoms with Gasteiger partial charge in [0.1, 0.15) is 5.75 Å². The molecular weight excluding hydrogens is 354 g/mol. The number of amides is 1. The molecule has 0 saturated carbocycles. The SMILES string of the molecule is CC[C@@H](Oc1ccccc1C)C(=O)NCCSCc1ccccc1Cl. The number of thioether (sulfide) groups is 1. The third-order valence-electron chi connectivity index (χ3n) is 3.79. The van der Waals surface area contributed by atoms with E-state index in [1.165, 1.54) is 0 Å². The summed E-state index contributed by atoms with van der Waals surface area (Å²) in [4.78, 5) is 12.3. The average molecular weight is 378 g/mol. The molecule has 1 atom stereocenters. The minimum absolute atomic E-state index is 0.0657. The molecule has 2 aromatic rings. The summed E-state index contributed by atoms with van der Waals surface area (Å²) < 4.78 is 5.86. The Morgan fingerprint density at radius 3 is 2.64 bits per heavy atom. The summed E-state index contributed by atoms with van der Waals surface area (Å²) in [5.41, 5.74) is 2.15. The molecule has 5 heteroatoms. The maximum Gasteiger partial charge on any atom is 0.261 e. The Bertz CT molecular complexity index is 693. The van der Waals surface area contributed by atoms with E-state index in [1.54, 1.807) is 11.8 Å². The molecule has 25 heavy (non-hydrogen) atoms. The van der Waals surface area contributed by atoms with Gasteiger partial charge in [-0.05, 0) is 36.6 Å². The van der Waals surface area contributed by atoms with E-state index in [1.807, 2.05) is 62.4 Å². The smallest absolute Gasteiger partial charge is 0.261 e. The van der Waals surface area contributed by atoms with Gasteiger partial charge in [0.15, 0.2) is 6.10 Å². The highest BCUT2D eigenvalue weighted by Gasteiger charge is 2.18. The molecule has 0 radical (unpaired) electrons. The van der Waals surface area contributed by atoms with E-state index in [9.17, 15) is 4.79 Å². The Labute approximate surface area is 159 Å². The van der Waals surface area contributed by atoms with Crippen LogP contribution < -0.4 is 10.1 Å². The summed E-state index contributed by atoms with van der Waals surface area (Å²) in [6, 6.07) is 15.6. The van der Waals surface area contributed by atoms with Gasteiger partial charge in [0.2, 0.25) is 0 Å². The maximum absolute atomic E-state index is 12.3. The summed E-state index contributed by atoms with van der Waals surface area (Å²) in [7, 11) is 0. The second kappa shape index (κ2) is 10.4. The molecule has 2 aromatic carbocycles. The van der Waals surface area contributed by atoms with E-state index in [0.29, 0.717) is 13.0 Å². The van der Waals surface area contributed by atoms with Crippen LogP contribution in [0.4, 0.5) is 0 Å². The molecule has 0 aliphatic rings. The van der Waals surface area contributed by atoms with Crippen molar-refractivity contribution in [3.8, 4) is 5.75 Å². The number of ether oxygens (including phenoxy) is 1. The minimum Gasteiger partial charge on any atom is -0.480 e. The first-order chi connectivity index (χ1) is 12.1. The molecule has 3 nitrogen and oxygen atoms in total. The van der Waals surface area contributed by atoms with Crippen molar-refractivity contribution in [1.29, 1.82) is 0 Å². The lowest BCUT2D eigenvalue weighted by Crippen LogP contribution is -2.39. The summed E-state index contributed by atoms with van der Waals surface area (Å²) in [5.74, 6) is 2.37. The highest BCUT2D eigenvalue weighted by Crippen LogP contribution is 2.21. The van der Waals surface area contributed by atoms with Crippen LogP contribution in [0.1, 0.15) is 24.5 Å². The van der Waals surface area contributed by atoms with E-state index in [2.05, 4.69) is 5.32 Å². The van der Waals surface area contributed by atoms with Gasteiger partial charge in [-0.1, -0.05) is 54.9 Å². The lowest BCUT2D eigenvalue weighted by molar-refractivity contribution is -0.128. The Morgan fingerprint density at radius 1 is 1.20 bits per heavy atom. The molecule has 0 saturated heterocycles. The first-order valence-corrected chi connectivity index (χ1v) is 9.96. The van der Waals surface area contributed by atoms with Crippen LogP contribution in [0.15, 0.2) is 48.5 Å². The van der Waals surface area contributed by atoms with Gasteiger partial charge in [-0.2, -0.15) is 11.8 Å². The number of carbonyl (C=O) groups excluding carboxylic acids is 1. The fourth-order valence-corrected chi connectivity index (χ4v) is 3.47. The fraction of sp³-hybridized carbons (Fsp3) is 0.350. The minimum atomic E-state index is -0.463. The molecule has 0 aliphatic heterocycles. The largest absolute Gasteiger partial charge is 0.480 e. The number of halogens is 1. The van der Waals surface area contributed by atoms with Crippen molar-refractivity contribution < 1.29 is 9.53 Å². The van der Waals surface area contributed by atoms with Crippen LogP contribution in [0.25, 0.3) is 0 Å². The Kier molecular flexibility index (Phi) is 8.16. The molecule has 0 aliphatic carbocycles. The number of rotatable bonds is 9. The highest BCUT2D eigenvalue weighted by atomic mass is 35.5. The van der Waals surface area contributed by atoms with Crippen LogP contribution in [-0.2, 0) is 10.5 Å². The van der Waals surface area contributed by atoms with Crippen molar-refractivity contribution in [2.75, 3.05) is 12.3 Å². The van der Waals surface area contributed by atoms with Gasteiger partial charge in [-0.25, -0.2) is 0 Å². The third-order valence-corrected chi connectivity index (χ3v) is 5.16. The fourth-order valence-electron chi connectivity index (χ4n) is 2.32. The van der Waals surface area contributed by atoms with Crippen LogP contribution in [0, 0.1) is 6.92 Å². The number of nitrogens with one attached hydrogen (secondary N) is 1. The molecular formula is C20H24ClNO2S. The second-order valence-electron chi connectivity index (χ2n) is 5.72. The van der Waals surface area contributed by atoms with E-state index < -0.39 is 6.10 Å². The highest BCUT2D eigenvalue weighted by molar-refractivity contribution is 7.98. The molecule has 0 fully saturated rings. The van der Waals surface area contributed by atoms with E-state index in [-0.39, 0.29) is 5.91 Å². The zero-order chi connectivity index (χ0) is 18.1. The van der Waals surface area contributed by atoms with Gasteiger partial charge in [-0.15, -0.1) is 0 Å². The van der Waals surface area contributed by atoms with Gasteiger partial charge in [0.05, 0.1) is 0 Å².